The average Bonchev–Trinajstić information content (AvgIpc) is 2.44. The molecule has 1 rings (SSSR count). The molecule has 0 aliphatic rings. The Balaban J connectivity index is 2.83. The molecular formula is C16H26N2O3. The Labute approximate surface area is 127 Å². The second-order valence-electron chi connectivity index (χ2n) is 4.95. The molecule has 0 radical (unpaired) electrons. The van der Waals surface area contributed by atoms with Gasteiger partial charge in [0.05, 0.1) is 13.2 Å². The summed E-state index contributed by atoms with van der Waals surface area (Å²) in [6.07, 6.45) is 0. The van der Waals surface area contributed by atoms with Crippen LogP contribution in [-0.2, 0) is 9.53 Å². The summed E-state index contributed by atoms with van der Waals surface area (Å²) >= 11 is 0. The topological polar surface area (TPSA) is 50.8 Å². The van der Waals surface area contributed by atoms with Crippen LogP contribution in [-0.4, -0.2) is 51.3 Å². The number of rotatable bonds is 9. The summed E-state index contributed by atoms with van der Waals surface area (Å²) in [5, 5.41) is 3.25. The monoisotopic (exact) mass is 294 g/mol. The number of carbonyl (C=O) groups is 1. The van der Waals surface area contributed by atoms with Gasteiger partial charge in [-0.3, -0.25) is 5.32 Å². The molecule has 0 saturated carbocycles. The summed E-state index contributed by atoms with van der Waals surface area (Å²) in [6, 6.07) is 7.10. The van der Waals surface area contributed by atoms with Crippen molar-refractivity contribution < 1.29 is 14.3 Å². The Morgan fingerprint density at radius 3 is 2.67 bits per heavy atom. The highest BCUT2D eigenvalue weighted by molar-refractivity contribution is 5.77. The lowest BCUT2D eigenvalue weighted by molar-refractivity contribution is -0.145. The van der Waals surface area contributed by atoms with E-state index in [1.165, 1.54) is 0 Å². The van der Waals surface area contributed by atoms with Crippen LogP contribution in [0.15, 0.2) is 24.3 Å². The molecule has 0 saturated heterocycles. The molecule has 0 aliphatic heterocycles. The lowest BCUT2D eigenvalue weighted by Crippen LogP contribution is -2.35. The largest absolute Gasteiger partial charge is 0.494 e. The van der Waals surface area contributed by atoms with E-state index in [1.54, 1.807) is 0 Å². The maximum Gasteiger partial charge on any atom is 0.327 e. The first-order chi connectivity index (χ1) is 10.1. The molecule has 1 unspecified atom stereocenters. The highest BCUT2D eigenvalue weighted by atomic mass is 16.5. The van der Waals surface area contributed by atoms with Gasteiger partial charge < -0.3 is 14.4 Å². The van der Waals surface area contributed by atoms with Crippen molar-refractivity contribution in [2.45, 2.75) is 19.9 Å². The summed E-state index contributed by atoms with van der Waals surface area (Å²) < 4.78 is 10.7. The summed E-state index contributed by atoms with van der Waals surface area (Å²) in [7, 11) is 3.99. The van der Waals surface area contributed by atoms with Gasteiger partial charge in [-0.2, -0.15) is 0 Å². The van der Waals surface area contributed by atoms with E-state index < -0.39 is 6.04 Å². The molecule has 118 valence electrons. The van der Waals surface area contributed by atoms with Gasteiger partial charge in [0.1, 0.15) is 11.8 Å². The van der Waals surface area contributed by atoms with Gasteiger partial charge in [-0.25, -0.2) is 4.79 Å². The number of likely N-dealkylation sites (N-methyl/N-ethyl adjacent to an activating group) is 1. The second-order valence-corrected chi connectivity index (χ2v) is 4.95. The molecular weight excluding hydrogens is 268 g/mol. The standard InChI is InChI=1S/C16H26N2O3/c1-5-20-14-9-7-8-13(12-14)15(16(19)21-6-2)17-10-11-18(3)4/h7-9,12,15,17H,5-6,10-11H2,1-4H3. The first-order valence-corrected chi connectivity index (χ1v) is 7.36. The van der Waals surface area contributed by atoms with Gasteiger partial charge >= 0.3 is 5.97 Å². The molecule has 0 amide bonds. The molecule has 5 heteroatoms. The van der Waals surface area contributed by atoms with Crippen molar-refractivity contribution in [3.8, 4) is 5.75 Å². The predicted molar refractivity (Wildman–Crippen MR) is 83.5 cm³/mol. The van der Waals surface area contributed by atoms with Crippen molar-refractivity contribution in [2.24, 2.45) is 0 Å². The molecule has 0 aromatic heterocycles. The van der Waals surface area contributed by atoms with Gasteiger partial charge in [-0.1, -0.05) is 12.1 Å². The first kappa shape index (κ1) is 17.5. The van der Waals surface area contributed by atoms with E-state index >= 15 is 0 Å². The summed E-state index contributed by atoms with van der Waals surface area (Å²) in [5.74, 6) is 0.503. The summed E-state index contributed by atoms with van der Waals surface area (Å²) in [6.45, 7) is 6.27. The molecule has 0 fully saturated rings. The van der Waals surface area contributed by atoms with Crippen molar-refractivity contribution in [3.05, 3.63) is 29.8 Å². The molecule has 0 aliphatic carbocycles. The van der Waals surface area contributed by atoms with E-state index in [4.69, 9.17) is 9.47 Å². The number of ether oxygens (including phenoxy) is 2. The molecule has 0 bridgehead atoms. The third kappa shape index (κ3) is 6.14. The number of esters is 1. The van der Waals surface area contributed by atoms with Gasteiger partial charge in [-0.15, -0.1) is 0 Å². The minimum absolute atomic E-state index is 0.259. The van der Waals surface area contributed by atoms with Crippen molar-refractivity contribution in [1.82, 2.24) is 10.2 Å². The van der Waals surface area contributed by atoms with Gasteiger partial charge in [0, 0.05) is 13.1 Å². The maximum atomic E-state index is 12.1. The normalized spacial score (nSPS) is 12.2. The van der Waals surface area contributed by atoms with Crippen molar-refractivity contribution in [3.63, 3.8) is 0 Å². The Kier molecular flexibility index (Phi) is 7.79. The van der Waals surface area contributed by atoms with Crippen LogP contribution in [0.25, 0.3) is 0 Å². The second kappa shape index (κ2) is 9.37. The maximum absolute atomic E-state index is 12.1. The van der Waals surface area contributed by atoms with Crippen LogP contribution >= 0.6 is 0 Å². The van der Waals surface area contributed by atoms with Crippen molar-refractivity contribution in [2.75, 3.05) is 40.4 Å². The number of carbonyl (C=O) groups excluding carboxylic acids is 1. The smallest absolute Gasteiger partial charge is 0.327 e. The van der Waals surface area contributed by atoms with Crippen LogP contribution in [0.5, 0.6) is 5.75 Å². The number of hydrogen-bond acceptors (Lipinski definition) is 5. The molecule has 21 heavy (non-hydrogen) atoms. The molecule has 1 atom stereocenters. The first-order valence-electron chi connectivity index (χ1n) is 7.36. The zero-order valence-corrected chi connectivity index (χ0v) is 13.4. The fourth-order valence-corrected chi connectivity index (χ4v) is 1.95. The van der Waals surface area contributed by atoms with Crippen molar-refractivity contribution >= 4 is 5.97 Å². The highest BCUT2D eigenvalue weighted by Crippen LogP contribution is 2.20. The van der Waals surface area contributed by atoms with Crippen molar-refractivity contribution in [1.29, 1.82) is 0 Å². The Morgan fingerprint density at radius 2 is 2.05 bits per heavy atom. The molecule has 1 aromatic rings. The highest BCUT2D eigenvalue weighted by Gasteiger charge is 2.21. The molecule has 1 aromatic carbocycles. The zero-order valence-electron chi connectivity index (χ0n) is 13.4. The van der Waals surface area contributed by atoms with Gasteiger partial charge in [0.2, 0.25) is 0 Å². The van der Waals surface area contributed by atoms with Gasteiger partial charge in [0.25, 0.3) is 0 Å². The lowest BCUT2D eigenvalue weighted by atomic mass is 10.1. The van der Waals surface area contributed by atoms with Crippen LogP contribution in [0, 0.1) is 0 Å². The quantitative estimate of drug-likeness (QED) is 0.704. The van der Waals surface area contributed by atoms with Crippen LogP contribution in [0.1, 0.15) is 25.5 Å². The number of nitrogens with zero attached hydrogens (tertiary/aromatic N) is 1. The molecule has 0 spiro atoms. The third-order valence-corrected chi connectivity index (χ3v) is 2.93. The van der Waals surface area contributed by atoms with Crippen LogP contribution in [0.4, 0.5) is 0 Å². The fourth-order valence-electron chi connectivity index (χ4n) is 1.95. The number of hydrogen-bond donors (Lipinski definition) is 1. The fraction of sp³-hybridized carbons (Fsp3) is 0.562. The number of benzene rings is 1. The van der Waals surface area contributed by atoms with E-state index in [1.807, 2.05) is 52.2 Å². The number of nitrogens with one attached hydrogen (secondary N) is 1. The van der Waals surface area contributed by atoms with Crippen LogP contribution < -0.4 is 10.1 Å². The lowest BCUT2D eigenvalue weighted by Gasteiger charge is -2.19. The Hall–Kier alpha value is -1.59. The molecule has 0 heterocycles. The molecule has 1 N–H and O–H groups in total. The Bertz CT molecular complexity index is 435. The minimum Gasteiger partial charge on any atom is -0.494 e. The summed E-state index contributed by atoms with van der Waals surface area (Å²) in [5.41, 5.74) is 0.859. The van der Waals surface area contributed by atoms with E-state index in [0.717, 1.165) is 17.9 Å². The van der Waals surface area contributed by atoms with Crippen LogP contribution in [0.2, 0.25) is 0 Å². The van der Waals surface area contributed by atoms with E-state index in [9.17, 15) is 4.79 Å². The molecule has 5 nitrogen and oxygen atoms in total. The van der Waals surface area contributed by atoms with E-state index in [-0.39, 0.29) is 5.97 Å². The van der Waals surface area contributed by atoms with Gasteiger partial charge in [-0.05, 0) is 45.6 Å². The average molecular weight is 294 g/mol. The summed E-state index contributed by atoms with van der Waals surface area (Å²) in [4.78, 5) is 14.2. The minimum atomic E-state index is -0.467. The zero-order chi connectivity index (χ0) is 15.7. The van der Waals surface area contributed by atoms with Crippen LogP contribution in [0.3, 0.4) is 0 Å². The Morgan fingerprint density at radius 1 is 1.29 bits per heavy atom. The predicted octanol–water partition coefficient (Wildman–Crippen LogP) is 1.84. The van der Waals surface area contributed by atoms with E-state index in [2.05, 4.69) is 10.2 Å². The third-order valence-electron chi connectivity index (χ3n) is 2.93. The van der Waals surface area contributed by atoms with E-state index in [0.29, 0.717) is 19.8 Å². The van der Waals surface area contributed by atoms with Gasteiger partial charge in [0.15, 0.2) is 0 Å². The SMILES string of the molecule is CCOC(=O)C(NCCN(C)C)c1cccc(OCC)c1.